The summed E-state index contributed by atoms with van der Waals surface area (Å²) in [5.74, 6) is -0.627. The van der Waals surface area contributed by atoms with E-state index in [-0.39, 0.29) is 18.1 Å². The van der Waals surface area contributed by atoms with Crippen molar-refractivity contribution in [3.63, 3.8) is 0 Å². The smallest absolute Gasteiger partial charge is 0.406 e. The molecule has 0 aromatic heterocycles. The molecule has 3 nitrogen and oxygen atoms in total. The summed E-state index contributed by atoms with van der Waals surface area (Å²) in [4.78, 5) is 11.8. The number of carbonyl (C=O) groups excluding carboxylic acids is 1. The molecule has 0 unspecified atom stereocenters. The predicted octanol–water partition coefficient (Wildman–Crippen LogP) is 8.35. The van der Waals surface area contributed by atoms with Gasteiger partial charge in [0, 0.05) is 12.1 Å². The van der Waals surface area contributed by atoms with Crippen molar-refractivity contribution in [1.29, 1.82) is 0 Å². The van der Waals surface area contributed by atoms with Crippen molar-refractivity contribution >= 4 is 11.6 Å². The first-order valence-corrected chi connectivity index (χ1v) is 10.8. The topological polar surface area (TPSA) is 38.3 Å². The summed E-state index contributed by atoms with van der Waals surface area (Å²) in [6, 6.07) is 7.40. The number of rotatable bonds is 10. The van der Waals surface area contributed by atoms with Crippen LogP contribution in [0.4, 0.5) is 18.9 Å². The Morgan fingerprint density at radius 1 is 1.10 bits per heavy atom. The fraction of sp³-hybridized carbons (Fsp3) is 0.480. The molecule has 0 saturated carbocycles. The van der Waals surface area contributed by atoms with Crippen molar-refractivity contribution in [2.75, 3.05) is 5.32 Å². The number of allylic oxidation sites excluding steroid dienone is 2. The highest BCUT2D eigenvalue weighted by Crippen LogP contribution is 2.21. The highest BCUT2D eigenvalue weighted by Gasteiger charge is 2.31. The van der Waals surface area contributed by atoms with E-state index in [1.807, 2.05) is 25.1 Å². The third-order valence-corrected chi connectivity index (χ3v) is 3.80. The number of hydrogen-bond donors (Lipinski definition) is 1. The van der Waals surface area contributed by atoms with Gasteiger partial charge in [-0.2, -0.15) is 0 Å². The number of nitrogens with one attached hydrogen (secondary N) is 1. The molecule has 0 atom stereocenters. The maximum absolute atomic E-state index is 12.2. The highest BCUT2D eigenvalue weighted by molar-refractivity contribution is 5.91. The normalized spacial score (nSPS) is 11.1. The molecule has 31 heavy (non-hydrogen) atoms. The van der Waals surface area contributed by atoms with Gasteiger partial charge in [0.25, 0.3) is 0 Å². The minimum atomic E-state index is -4.74. The molecule has 0 radical (unpaired) electrons. The predicted molar refractivity (Wildman–Crippen MR) is 125 cm³/mol. The lowest BCUT2D eigenvalue weighted by atomic mass is 10.1. The highest BCUT2D eigenvalue weighted by atomic mass is 19.4. The monoisotopic (exact) mass is 441 g/mol. The van der Waals surface area contributed by atoms with E-state index >= 15 is 0 Å². The van der Waals surface area contributed by atoms with E-state index in [0.717, 1.165) is 18.1 Å². The second kappa shape index (κ2) is 19.5. The van der Waals surface area contributed by atoms with E-state index in [1.54, 1.807) is 13.0 Å². The minimum Gasteiger partial charge on any atom is -0.406 e. The first-order chi connectivity index (χ1) is 14.8. The summed E-state index contributed by atoms with van der Waals surface area (Å²) in [7, 11) is 0. The Labute approximate surface area is 186 Å². The number of benzene rings is 1. The van der Waals surface area contributed by atoms with Gasteiger partial charge in [0.1, 0.15) is 5.76 Å². The van der Waals surface area contributed by atoms with Crippen LogP contribution in [0.5, 0.6) is 0 Å². The summed E-state index contributed by atoms with van der Waals surface area (Å²) in [6.45, 7) is 14.2. The summed E-state index contributed by atoms with van der Waals surface area (Å²) in [5.41, 5.74) is 1.75. The number of halogens is 3. The first-order valence-electron chi connectivity index (χ1n) is 10.8. The number of alkyl halides is 3. The number of hydrogen-bond acceptors (Lipinski definition) is 2. The van der Waals surface area contributed by atoms with Crippen LogP contribution in [0.2, 0.25) is 0 Å². The summed E-state index contributed by atoms with van der Waals surface area (Å²) in [6.07, 6.45) is 5.79. The zero-order valence-electron chi connectivity index (χ0n) is 19.4. The molecule has 176 valence electrons. The van der Waals surface area contributed by atoms with Crippen LogP contribution in [0.25, 0.3) is 0 Å². The van der Waals surface area contributed by atoms with Gasteiger partial charge in [0.2, 0.25) is 5.91 Å². The van der Waals surface area contributed by atoms with E-state index in [4.69, 9.17) is 0 Å². The van der Waals surface area contributed by atoms with Gasteiger partial charge in [0.05, 0.1) is 0 Å². The number of unbranched alkanes of at least 4 members (excludes halogenated alkanes) is 3. The second-order valence-corrected chi connectivity index (χ2v) is 6.48. The van der Waals surface area contributed by atoms with Crippen LogP contribution in [0.15, 0.2) is 61.4 Å². The van der Waals surface area contributed by atoms with Crippen molar-refractivity contribution in [3.05, 3.63) is 67.0 Å². The Hall–Kier alpha value is -2.50. The largest absolute Gasteiger partial charge is 0.573 e. The average molecular weight is 442 g/mol. The van der Waals surface area contributed by atoms with Crippen LogP contribution in [0, 0.1) is 0 Å². The first kappa shape index (κ1) is 30.7. The van der Waals surface area contributed by atoms with Gasteiger partial charge in [-0.25, -0.2) is 0 Å². The SMILES string of the molecule is C=C.CC/C=C(\C=C/CC(=O)Nc1cccc(CC)c1)OC(F)(F)F.CCCCCC. The van der Waals surface area contributed by atoms with Gasteiger partial charge >= 0.3 is 6.36 Å². The Morgan fingerprint density at radius 3 is 2.19 bits per heavy atom. The molecule has 0 aliphatic carbocycles. The number of amides is 1. The molecule has 0 saturated heterocycles. The van der Waals surface area contributed by atoms with Crippen molar-refractivity contribution in [2.24, 2.45) is 0 Å². The molecule has 0 heterocycles. The third-order valence-electron chi connectivity index (χ3n) is 3.80. The van der Waals surface area contributed by atoms with E-state index in [9.17, 15) is 18.0 Å². The van der Waals surface area contributed by atoms with Gasteiger partial charge in [-0.05, 0) is 42.7 Å². The van der Waals surface area contributed by atoms with Gasteiger partial charge in [-0.1, -0.05) is 71.6 Å². The van der Waals surface area contributed by atoms with Gasteiger partial charge in [0.15, 0.2) is 0 Å². The zero-order valence-corrected chi connectivity index (χ0v) is 19.4. The Kier molecular flexibility index (Phi) is 19.3. The molecule has 1 rings (SSSR count). The van der Waals surface area contributed by atoms with Crippen LogP contribution in [0.3, 0.4) is 0 Å². The third kappa shape index (κ3) is 19.2. The van der Waals surface area contributed by atoms with Gasteiger partial charge < -0.3 is 10.1 Å². The quantitative estimate of drug-likeness (QED) is 0.171. The molecule has 1 amide bonds. The lowest BCUT2D eigenvalue weighted by Crippen LogP contribution is -2.12. The Morgan fingerprint density at radius 2 is 1.71 bits per heavy atom. The van der Waals surface area contributed by atoms with Gasteiger partial charge in [-0.15, -0.1) is 26.3 Å². The van der Waals surface area contributed by atoms with Crippen LogP contribution >= 0.6 is 0 Å². The Balaban J connectivity index is 0. The molecule has 0 aliphatic heterocycles. The number of anilines is 1. The number of carbonyl (C=O) groups is 1. The van der Waals surface area contributed by atoms with Crippen molar-refractivity contribution in [2.45, 2.75) is 79.0 Å². The number of ether oxygens (including phenoxy) is 1. The van der Waals surface area contributed by atoms with Crippen molar-refractivity contribution in [3.8, 4) is 0 Å². The zero-order chi connectivity index (χ0) is 24.1. The molecule has 6 heteroatoms. The van der Waals surface area contributed by atoms with Crippen LogP contribution in [0.1, 0.15) is 71.8 Å². The molecule has 0 aliphatic rings. The standard InChI is InChI=1S/C17H20F3NO2.C6H14.C2H4/c1-3-7-15(23-17(18,19)20)10-6-11-16(22)21-14-9-5-8-13(4-2)12-14;1-3-5-6-4-2;1-2/h5-10,12H,3-4,11H2,1-2H3,(H,21,22);3-6H2,1-2H3;1-2H2/b10-6-,15-7+;;. The van der Waals surface area contributed by atoms with E-state index < -0.39 is 6.36 Å². The maximum Gasteiger partial charge on any atom is 0.573 e. The second-order valence-electron chi connectivity index (χ2n) is 6.48. The van der Waals surface area contributed by atoms with Crippen LogP contribution in [-0.2, 0) is 16.0 Å². The van der Waals surface area contributed by atoms with Crippen molar-refractivity contribution in [1.82, 2.24) is 0 Å². The minimum absolute atomic E-state index is 0.0430. The molecule has 1 aromatic rings. The fourth-order valence-corrected chi connectivity index (χ4v) is 2.34. The summed E-state index contributed by atoms with van der Waals surface area (Å²) < 4.78 is 40.4. The molecule has 0 spiro atoms. The lowest BCUT2D eigenvalue weighted by molar-refractivity contribution is -0.303. The molecular formula is C25H38F3NO2. The molecule has 0 bridgehead atoms. The van der Waals surface area contributed by atoms with E-state index in [2.05, 4.69) is 37.1 Å². The average Bonchev–Trinajstić information content (AvgIpc) is 2.73. The fourth-order valence-electron chi connectivity index (χ4n) is 2.34. The Bertz CT molecular complexity index is 648. The van der Waals surface area contributed by atoms with Crippen molar-refractivity contribution < 1.29 is 22.7 Å². The molecule has 1 aromatic carbocycles. The molecule has 1 N–H and O–H groups in total. The molecule has 0 fully saturated rings. The molecular weight excluding hydrogens is 403 g/mol. The maximum atomic E-state index is 12.2. The van der Waals surface area contributed by atoms with E-state index in [0.29, 0.717) is 12.1 Å². The lowest BCUT2D eigenvalue weighted by Gasteiger charge is -2.09. The van der Waals surface area contributed by atoms with Crippen LogP contribution in [-0.4, -0.2) is 12.3 Å². The van der Waals surface area contributed by atoms with Gasteiger partial charge in [-0.3, -0.25) is 4.79 Å². The summed E-state index contributed by atoms with van der Waals surface area (Å²) >= 11 is 0. The van der Waals surface area contributed by atoms with E-state index in [1.165, 1.54) is 37.8 Å². The number of aryl methyl sites for hydroxylation is 1. The summed E-state index contributed by atoms with van der Waals surface area (Å²) in [5, 5.41) is 2.70. The van der Waals surface area contributed by atoms with Crippen LogP contribution < -0.4 is 5.32 Å².